The van der Waals surface area contributed by atoms with Gasteiger partial charge in [0.25, 0.3) is 0 Å². The normalized spacial score (nSPS) is 15.4. The van der Waals surface area contributed by atoms with Crippen molar-refractivity contribution in [3.8, 4) is 0 Å². The maximum atomic E-state index is 12.1. The molecule has 0 saturated carbocycles. The number of likely N-dealkylation sites (tertiary alicyclic amines) is 1. The first-order valence-electron chi connectivity index (χ1n) is 10.5. The summed E-state index contributed by atoms with van der Waals surface area (Å²) in [5, 5.41) is 0.406. The molecule has 1 aliphatic rings. The van der Waals surface area contributed by atoms with Crippen molar-refractivity contribution >= 4 is 27.5 Å². The zero-order valence-corrected chi connectivity index (χ0v) is 25.3. The second-order valence-electron chi connectivity index (χ2n) is 7.69. The molecular formula is C23H35ClFKN3O3S-. The standard InChI is InChI=1S/C11H20Cl.C7H5FN.C5H10N2O3S.K/c1-5-7-11(8-10(4)12)9(3)6-2;1-2-7-4-3-6(8)5-9-7;1-11(9,10)4-2-7(3-4)5(6)8;/h9,11H,5-7H2,1-4H3;3-5H,1H2;4H,2-3H2,1H3,(H2,6,8);/q2*-1;;+1/t9-,11-;;;/m0.../s1. The predicted molar refractivity (Wildman–Crippen MR) is 128 cm³/mol. The van der Waals surface area contributed by atoms with E-state index in [1.54, 1.807) is 0 Å². The number of carbonyl (C=O) groups excluding carboxylic acids is 1. The van der Waals surface area contributed by atoms with Gasteiger partial charge in [0.05, 0.1) is 11.4 Å². The monoisotopic (exact) mass is 526 g/mol. The van der Waals surface area contributed by atoms with Gasteiger partial charge in [0, 0.05) is 19.3 Å². The van der Waals surface area contributed by atoms with E-state index in [2.05, 4.69) is 44.5 Å². The van der Waals surface area contributed by atoms with Gasteiger partial charge in [-0.3, -0.25) is 4.98 Å². The second-order valence-corrected chi connectivity index (χ2v) is 10.6. The van der Waals surface area contributed by atoms with E-state index >= 15 is 0 Å². The van der Waals surface area contributed by atoms with E-state index in [9.17, 15) is 17.6 Å². The van der Waals surface area contributed by atoms with Crippen molar-refractivity contribution in [3.05, 3.63) is 53.6 Å². The van der Waals surface area contributed by atoms with Crippen molar-refractivity contribution in [1.82, 2.24) is 9.88 Å². The second kappa shape index (κ2) is 18.0. The van der Waals surface area contributed by atoms with Gasteiger partial charge in [-0.2, -0.15) is 23.6 Å². The average Bonchev–Trinajstić information content (AvgIpc) is 2.65. The molecule has 182 valence electrons. The van der Waals surface area contributed by atoms with Gasteiger partial charge in [-0.1, -0.05) is 52.9 Å². The Hall–Kier alpha value is -0.294. The number of hydrogen-bond donors (Lipinski definition) is 1. The number of halogens is 2. The van der Waals surface area contributed by atoms with Crippen LogP contribution in [0.5, 0.6) is 0 Å². The summed E-state index contributed by atoms with van der Waals surface area (Å²) in [7, 11) is -2.98. The van der Waals surface area contributed by atoms with Crippen molar-refractivity contribution in [2.24, 2.45) is 17.6 Å². The van der Waals surface area contributed by atoms with Gasteiger partial charge in [0.2, 0.25) is 0 Å². The Kier molecular flexibility index (Phi) is 19.1. The third kappa shape index (κ3) is 15.3. The van der Waals surface area contributed by atoms with Crippen molar-refractivity contribution in [1.29, 1.82) is 0 Å². The smallest absolute Gasteiger partial charge is 0.478 e. The van der Waals surface area contributed by atoms with Gasteiger partial charge in [0.15, 0.2) is 9.84 Å². The largest absolute Gasteiger partial charge is 1.00 e. The molecule has 2 N–H and O–H groups in total. The summed E-state index contributed by atoms with van der Waals surface area (Å²) in [5.74, 6) is 0.921. The topological polar surface area (TPSA) is 93.4 Å². The summed E-state index contributed by atoms with van der Waals surface area (Å²) in [5.41, 5.74) is 5.46. The molecule has 0 radical (unpaired) electrons. The van der Waals surface area contributed by atoms with Crippen molar-refractivity contribution in [2.75, 3.05) is 19.3 Å². The molecule has 2 amide bonds. The molecule has 1 aromatic rings. The number of nitrogens with two attached hydrogens (primary N) is 1. The van der Waals surface area contributed by atoms with Crippen LogP contribution in [0.1, 0.15) is 52.7 Å². The van der Waals surface area contributed by atoms with Crippen LogP contribution in [0.3, 0.4) is 0 Å². The maximum absolute atomic E-state index is 12.1. The van der Waals surface area contributed by atoms with Crippen LogP contribution in [-0.4, -0.2) is 48.9 Å². The molecule has 2 heterocycles. The molecule has 0 aromatic carbocycles. The third-order valence-electron chi connectivity index (χ3n) is 4.99. The Bertz CT molecular complexity index is 841. The van der Waals surface area contributed by atoms with E-state index in [1.807, 2.05) is 6.92 Å². The molecule has 2 rings (SSSR count). The number of hydrogen-bond acceptors (Lipinski definition) is 4. The summed E-state index contributed by atoms with van der Waals surface area (Å²) in [6.45, 7) is 12.4. The van der Waals surface area contributed by atoms with Gasteiger partial charge in [-0.15, -0.1) is 23.4 Å². The summed E-state index contributed by atoms with van der Waals surface area (Å²) in [6, 6.07) is 2.29. The molecule has 0 bridgehead atoms. The summed E-state index contributed by atoms with van der Waals surface area (Å²) in [6.07, 6.45) is 11.8. The molecule has 1 aliphatic heterocycles. The zero-order chi connectivity index (χ0) is 24.9. The number of pyridine rings is 1. The van der Waals surface area contributed by atoms with Crippen LogP contribution in [0.25, 0.3) is 0 Å². The number of rotatable bonds is 7. The molecule has 0 aliphatic carbocycles. The molecule has 1 fully saturated rings. The van der Waals surface area contributed by atoms with Crippen LogP contribution in [0.2, 0.25) is 0 Å². The predicted octanol–water partition coefficient (Wildman–Crippen LogP) is 1.75. The molecule has 0 spiro atoms. The van der Waals surface area contributed by atoms with Crippen LogP contribution >= 0.6 is 11.6 Å². The van der Waals surface area contributed by atoms with E-state index < -0.39 is 21.1 Å². The Labute approximate surface area is 246 Å². The Morgan fingerprint density at radius 2 is 1.97 bits per heavy atom. The van der Waals surface area contributed by atoms with Crippen LogP contribution < -0.4 is 57.1 Å². The number of amides is 2. The van der Waals surface area contributed by atoms with Crippen LogP contribution in [0, 0.1) is 29.8 Å². The fourth-order valence-corrected chi connectivity index (χ4v) is 3.76. The quantitative estimate of drug-likeness (QED) is 0.432. The molecule has 33 heavy (non-hydrogen) atoms. The van der Waals surface area contributed by atoms with Crippen molar-refractivity contribution in [2.45, 2.75) is 52.2 Å². The minimum absolute atomic E-state index is 0. The minimum atomic E-state index is -2.98. The minimum Gasteiger partial charge on any atom is -0.478 e. The number of sulfone groups is 1. The molecule has 1 saturated heterocycles. The maximum Gasteiger partial charge on any atom is 1.00 e. The number of nitrogens with zero attached hydrogens (tertiary/aromatic N) is 2. The SMILES string of the molecule is C=[C-]c1ccc(F)cn1.CCC[C@@H]([C-]=C(C)Cl)[C@@H](C)CC.CS(=O)(=O)C1CN(C(N)=O)C1.[K+]. The molecular weight excluding hydrogens is 492 g/mol. The number of urea groups is 1. The zero-order valence-electron chi connectivity index (χ0n) is 20.6. The van der Waals surface area contributed by atoms with Crippen LogP contribution in [0.15, 0.2) is 29.9 Å². The van der Waals surface area contributed by atoms with Gasteiger partial charge in [-0.25, -0.2) is 23.7 Å². The van der Waals surface area contributed by atoms with Gasteiger partial charge < -0.3 is 16.7 Å². The van der Waals surface area contributed by atoms with E-state index in [4.69, 9.17) is 17.3 Å². The molecule has 10 heteroatoms. The third-order valence-corrected chi connectivity index (χ3v) is 6.61. The number of carbonyl (C=O) groups is 1. The van der Waals surface area contributed by atoms with Gasteiger partial charge >= 0.3 is 57.4 Å². The number of allylic oxidation sites excluding steroid dienone is 2. The van der Waals surface area contributed by atoms with Gasteiger partial charge in [-0.05, 0) is 0 Å². The Balaban J connectivity index is 0. The molecule has 2 atom stereocenters. The fourth-order valence-electron chi connectivity index (χ4n) is 2.72. The molecule has 6 nitrogen and oxygen atoms in total. The van der Waals surface area contributed by atoms with Crippen molar-refractivity contribution in [3.63, 3.8) is 0 Å². The van der Waals surface area contributed by atoms with E-state index in [0.29, 0.717) is 17.5 Å². The molecule has 1 aromatic heterocycles. The number of primary amides is 1. The summed E-state index contributed by atoms with van der Waals surface area (Å²) in [4.78, 5) is 15.4. The Morgan fingerprint density at radius 3 is 2.30 bits per heavy atom. The first-order valence-corrected chi connectivity index (χ1v) is 12.8. The van der Waals surface area contributed by atoms with E-state index in [0.717, 1.165) is 17.5 Å². The average molecular weight is 527 g/mol. The first kappa shape index (κ1) is 34.9. The fraction of sp³-hybridized carbons (Fsp3) is 0.565. The van der Waals surface area contributed by atoms with E-state index in [1.165, 1.54) is 36.3 Å². The van der Waals surface area contributed by atoms with E-state index in [-0.39, 0.29) is 70.3 Å². The van der Waals surface area contributed by atoms with Crippen LogP contribution in [-0.2, 0) is 9.84 Å². The summed E-state index contributed by atoms with van der Waals surface area (Å²) < 4.78 is 33.7. The number of aromatic nitrogens is 1. The first-order chi connectivity index (χ1) is 14.8. The van der Waals surface area contributed by atoms with Crippen LogP contribution in [0.4, 0.5) is 9.18 Å². The summed E-state index contributed by atoms with van der Waals surface area (Å²) >= 11 is 5.81. The Morgan fingerprint density at radius 1 is 1.39 bits per heavy atom. The molecule has 0 unspecified atom stereocenters. The van der Waals surface area contributed by atoms with Crippen molar-refractivity contribution < 1.29 is 69.0 Å². The van der Waals surface area contributed by atoms with Gasteiger partial charge in [0.1, 0.15) is 5.82 Å².